The molecular weight excluding hydrogens is 268 g/mol. The Kier molecular flexibility index (Phi) is 4.29. The van der Waals surface area contributed by atoms with Gasteiger partial charge < -0.3 is 9.47 Å². The van der Waals surface area contributed by atoms with Crippen molar-refractivity contribution in [3.8, 4) is 0 Å². The van der Waals surface area contributed by atoms with Crippen LogP contribution in [0.2, 0.25) is 0 Å². The van der Waals surface area contributed by atoms with E-state index in [1.54, 1.807) is 0 Å². The monoisotopic (exact) mass is 288 g/mol. The number of hydrogen-bond acceptors (Lipinski definition) is 3. The Balaban J connectivity index is 2.00. The van der Waals surface area contributed by atoms with E-state index in [9.17, 15) is 0 Å². The molecule has 20 heavy (non-hydrogen) atoms. The minimum atomic E-state index is -0.202. The molecule has 0 N–H and O–H groups in total. The van der Waals surface area contributed by atoms with Gasteiger partial charge in [-0.25, -0.2) is 0 Å². The zero-order valence-corrected chi connectivity index (χ0v) is 12.8. The largest absolute Gasteiger partial charge is 0.346 e. The number of thioether (sulfide) groups is 1. The molecule has 2 aromatic carbocycles. The van der Waals surface area contributed by atoms with E-state index in [2.05, 4.69) is 50.2 Å². The first-order valence-corrected chi connectivity index (χ1v) is 8.16. The molecule has 0 aromatic heterocycles. The van der Waals surface area contributed by atoms with Crippen LogP contribution in [0.3, 0.4) is 0 Å². The van der Waals surface area contributed by atoms with Crippen molar-refractivity contribution >= 4 is 22.5 Å². The van der Waals surface area contributed by atoms with Crippen LogP contribution in [-0.4, -0.2) is 18.5 Å². The molecule has 0 amide bonds. The first-order chi connectivity index (χ1) is 9.75. The lowest BCUT2D eigenvalue weighted by atomic mass is 10.00. The van der Waals surface area contributed by atoms with Gasteiger partial charge in [0.2, 0.25) is 0 Å². The number of fused-ring (bicyclic) bond motifs is 1. The molecule has 1 saturated heterocycles. The number of benzene rings is 2. The maximum absolute atomic E-state index is 5.66. The minimum Gasteiger partial charge on any atom is -0.346 e. The van der Waals surface area contributed by atoms with Gasteiger partial charge in [0.15, 0.2) is 6.29 Å². The Morgan fingerprint density at radius 3 is 2.45 bits per heavy atom. The maximum Gasteiger partial charge on any atom is 0.184 e. The van der Waals surface area contributed by atoms with Crippen LogP contribution >= 0.6 is 11.8 Å². The lowest BCUT2D eigenvalue weighted by molar-refractivity contribution is -0.0430. The third-order valence-corrected chi connectivity index (χ3v) is 4.64. The summed E-state index contributed by atoms with van der Waals surface area (Å²) < 4.78 is 11.3. The number of ether oxygens (including phenoxy) is 2. The summed E-state index contributed by atoms with van der Waals surface area (Å²) in [5.41, 5.74) is 2.54. The van der Waals surface area contributed by atoms with Crippen molar-refractivity contribution in [3.63, 3.8) is 0 Å². The second-order valence-corrected chi connectivity index (χ2v) is 6.86. The van der Waals surface area contributed by atoms with E-state index >= 15 is 0 Å². The van der Waals surface area contributed by atoms with Crippen LogP contribution in [0.5, 0.6) is 0 Å². The zero-order chi connectivity index (χ0) is 13.9. The standard InChI is InChI=1S/C17H20O2S/c1-12(2)20-11-13-7-8-16(17-18-9-10-19-17)15-6-4-3-5-14(13)15/h3-8,12,17H,9-11H2,1-2H3. The van der Waals surface area contributed by atoms with Crippen LogP contribution in [0, 0.1) is 0 Å². The van der Waals surface area contributed by atoms with Gasteiger partial charge in [-0.15, -0.1) is 0 Å². The highest BCUT2D eigenvalue weighted by Crippen LogP contribution is 2.33. The van der Waals surface area contributed by atoms with Crippen LogP contribution in [0.1, 0.15) is 31.3 Å². The predicted molar refractivity (Wildman–Crippen MR) is 85.0 cm³/mol. The van der Waals surface area contributed by atoms with E-state index in [4.69, 9.17) is 9.47 Å². The zero-order valence-electron chi connectivity index (χ0n) is 12.0. The molecule has 106 valence electrons. The Hall–Kier alpha value is -1.03. The predicted octanol–water partition coefficient (Wildman–Crippen LogP) is 4.53. The molecule has 1 aliphatic rings. The van der Waals surface area contributed by atoms with Crippen LogP contribution in [0.25, 0.3) is 10.8 Å². The van der Waals surface area contributed by atoms with Crippen LogP contribution < -0.4 is 0 Å². The summed E-state index contributed by atoms with van der Waals surface area (Å²) in [6.45, 7) is 5.84. The van der Waals surface area contributed by atoms with Crippen LogP contribution in [0.4, 0.5) is 0 Å². The van der Waals surface area contributed by atoms with Crippen molar-refractivity contribution in [3.05, 3.63) is 47.5 Å². The molecule has 1 aliphatic heterocycles. The summed E-state index contributed by atoms with van der Waals surface area (Å²) in [5, 5.41) is 3.22. The summed E-state index contributed by atoms with van der Waals surface area (Å²) in [6, 6.07) is 12.9. The molecule has 2 nitrogen and oxygen atoms in total. The Morgan fingerprint density at radius 1 is 1.05 bits per heavy atom. The van der Waals surface area contributed by atoms with Crippen molar-refractivity contribution in [2.75, 3.05) is 13.2 Å². The highest BCUT2D eigenvalue weighted by molar-refractivity contribution is 7.99. The van der Waals surface area contributed by atoms with Crippen molar-refractivity contribution in [2.45, 2.75) is 31.1 Å². The second-order valence-electron chi connectivity index (χ2n) is 5.29. The molecule has 0 unspecified atom stereocenters. The van der Waals surface area contributed by atoms with E-state index in [0.717, 1.165) is 11.3 Å². The lowest BCUT2D eigenvalue weighted by Crippen LogP contribution is -2.00. The van der Waals surface area contributed by atoms with Crippen LogP contribution in [-0.2, 0) is 15.2 Å². The molecule has 0 saturated carbocycles. The minimum absolute atomic E-state index is 0.202. The fraction of sp³-hybridized carbons (Fsp3) is 0.412. The number of rotatable bonds is 4. The van der Waals surface area contributed by atoms with Gasteiger partial charge in [0.05, 0.1) is 13.2 Å². The normalized spacial score (nSPS) is 16.4. The smallest absolute Gasteiger partial charge is 0.184 e. The molecule has 0 radical (unpaired) electrons. The molecule has 1 heterocycles. The quantitative estimate of drug-likeness (QED) is 0.823. The van der Waals surface area contributed by atoms with E-state index in [1.807, 2.05) is 11.8 Å². The topological polar surface area (TPSA) is 18.5 Å². The average Bonchev–Trinajstić information content (AvgIpc) is 2.98. The Bertz CT molecular complexity index is 589. The fourth-order valence-electron chi connectivity index (χ4n) is 2.51. The summed E-state index contributed by atoms with van der Waals surface area (Å²) in [7, 11) is 0. The third-order valence-electron chi connectivity index (χ3n) is 3.50. The van der Waals surface area contributed by atoms with Gasteiger partial charge in [-0.3, -0.25) is 0 Å². The van der Waals surface area contributed by atoms with Crippen molar-refractivity contribution < 1.29 is 9.47 Å². The van der Waals surface area contributed by atoms with Gasteiger partial charge in [-0.2, -0.15) is 11.8 Å². The summed E-state index contributed by atoms with van der Waals surface area (Å²) in [5.74, 6) is 1.05. The summed E-state index contributed by atoms with van der Waals surface area (Å²) in [4.78, 5) is 0. The molecule has 0 spiro atoms. The van der Waals surface area contributed by atoms with Crippen LogP contribution in [0.15, 0.2) is 36.4 Å². The van der Waals surface area contributed by atoms with Gasteiger partial charge in [0.1, 0.15) is 0 Å². The van der Waals surface area contributed by atoms with Gasteiger partial charge in [-0.1, -0.05) is 50.2 Å². The molecule has 0 bridgehead atoms. The lowest BCUT2D eigenvalue weighted by Gasteiger charge is -2.15. The molecule has 3 heteroatoms. The molecule has 3 rings (SSSR count). The van der Waals surface area contributed by atoms with E-state index in [0.29, 0.717) is 18.5 Å². The highest BCUT2D eigenvalue weighted by Gasteiger charge is 2.21. The molecule has 2 aromatic rings. The first kappa shape index (κ1) is 13.9. The first-order valence-electron chi connectivity index (χ1n) is 7.11. The highest BCUT2D eigenvalue weighted by atomic mass is 32.2. The van der Waals surface area contributed by atoms with Crippen molar-refractivity contribution in [1.29, 1.82) is 0 Å². The second kappa shape index (κ2) is 6.17. The van der Waals surface area contributed by atoms with Crippen molar-refractivity contribution in [1.82, 2.24) is 0 Å². The summed E-state index contributed by atoms with van der Waals surface area (Å²) >= 11 is 1.97. The van der Waals surface area contributed by atoms with Gasteiger partial charge in [0.25, 0.3) is 0 Å². The molecule has 0 aliphatic carbocycles. The molecule has 1 fully saturated rings. The van der Waals surface area contributed by atoms with Gasteiger partial charge in [-0.05, 0) is 21.6 Å². The Labute approximate surface area is 124 Å². The van der Waals surface area contributed by atoms with E-state index in [-0.39, 0.29) is 6.29 Å². The van der Waals surface area contributed by atoms with E-state index < -0.39 is 0 Å². The Morgan fingerprint density at radius 2 is 1.75 bits per heavy atom. The summed E-state index contributed by atoms with van der Waals surface area (Å²) in [6.07, 6.45) is -0.202. The molecule has 0 atom stereocenters. The molecular formula is C17H20O2S. The fourth-order valence-corrected chi connectivity index (χ4v) is 3.28. The maximum atomic E-state index is 5.66. The average molecular weight is 288 g/mol. The van der Waals surface area contributed by atoms with Gasteiger partial charge >= 0.3 is 0 Å². The van der Waals surface area contributed by atoms with Gasteiger partial charge in [0, 0.05) is 11.3 Å². The SMILES string of the molecule is CC(C)SCc1ccc(C2OCCO2)c2ccccc12. The third kappa shape index (κ3) is 2.85. The van der Waals surface area contributed by atoms with E-state index in [1.165, 1.54) is 16.3 Å². The van der Waals surface area contributed by atoms with Crippen molar-refractivity contribution in [2.24, 2.45) is 0 Å². The number of hydrogen-bond donors (Lipinski definition) is 0.